The summed E-state index contributed by atoms with van der Waals surface area (Å²) in [5.74, 6) is 0.121. The van der Waals surface area contributed by atoms with Gasteiger partial charge in [-0.2, -0.15) is 0 Å². The van der Waals surface area contributed by atoms with Gasteiger partial charge in [0, 0.05) is 25.1 Å². The summed E-state index contributed by atoms with van der Waals surface area (Å²) in [6.07, 6.45) is 0.193. The smallest absolute Gasteiger partial charge is 0.229 e. The average Bonchev–Trinajstić information content (AvgIpc) is 2.87. The Hall–Kier alpha value is -1.95. The van der Waals surface area contributed by atoms with Gasteiger partial charge in [-0.3, -0.25) is 9.59 Å². The largest absolute Gasteiger partial charge is 0.495 e. The van der Waals surface area contributed by atoms with Gasteiger partial charge in [0.1, 0.15) is 11.5 Å². The van der Waals surface area contributed by atoms with Gasteiger partial charge in [0.05, 0.1) is 30.8 Å². The molecule has 20 heavy (non-hydrogen) atoms. The van der Waals surface area contributed by atoms with Gasteiger partial charge in [0.25, 0.3) is 0 Å². The van der Waals surface area contributed by atoms with Crippen LogP contribution in [-0.4, -0.2) is 32.6 Å². The highest BCUT2D eigenvalue weighted by Gasteiger charge is 2.28. The highest BCUT2D eigenvalue weighted by Crippen LogP contribution is 2.36. The first-order chi connectivity index (χ1) is 9.55. The van der Waals surface area contributed by atoms with Crippen molar-refractivity contribution in [3.05, 3.63) is 17.2 Å². The number of amides is 2. The Morgan fingerprint density at radius 3 is 2.60 bits per heavy atom. The van der Waals surface area contributed by atoms with E-state index in [2.05, 4.69) is 10.6 Å². The molecular weight excluding hydrogens is 284 g/mol. The number of hydrogen-bond acceptors (Lipinski definition) is 4. The van der Waals surface area contributed by atoms with Crippen LogP contribution in [0.15, 0.2) is 12.1 Å². The van der Waals surface area contributed by atoms with E-state index in [9.17, 15) is 9.59 Å². The molecule has 1 aromatic rings. The summed E-state index contributed by atoms with van der Waals surface area (Å²) in [6.45, 7) is 0.345. The first kappa shape index (κ1) is 14.5. The van der Waals surface area contributed by atoms with Crippen LogP contribution >= 0.6 is 11.6 Å². The van der Waals surface area contributed by atoms with Gasteiger partial charge >= 0.3 is 0 Å². The highest BCUT2D eigenvalue weighted by atomic mass is 35.5. The fourth-order valence-corrected chi connectivity index (χ4v) is 2.21. The van der Waals surface area contributed by atoms with Crippen LogP contribution in [0.25, 0.3) is 0 Å². The number of rotatable bonds is 4. The fraction of sp³-hybridized carbons (Fsp3) is 0.385. The Bertz CT molecular complexity index is 547. The van der Waals surface area contributed by atoms with Gasteiger partial charge < -0.3 is 20.1 Å². The Morgan fingerprint density at radius 1 is 1.35 bits per heavy atom. The normalized spacial score (nSPS) is 17.6. The molecular formula is C13H15ClN2O4. The Morgan fingerprint density at radius 2 is 2.05 bits per heavy atom. The molecule has 1 heterocycles. The second-order valence-electron chi connectivity index (χ2n) is 4.38. The van der Waals surface area contributed by atoms with Gasteiger partial charge in [0.15, 0.2) is 0 Å². The van der Waals surface area contributed by atoms with E-state index in [1.54, 1.807) is 12.1 Å². The van der Waals surface area contributed by atoms with E-state index in [1.165, 1.54) is 14.2 Å². The number of anilines is 1. The van der Waals surface area contributed by atoms with E-state index in [1.807, 2.05) is 0 Å². The predicted molar refractivity (Wildman–Crippen MR) is 74.3 cm³/mol. The van der Waals surface area contributed by atoms with E-state index in [0.717, 1.165) is 0 Å². The van der Waals surface area contributed by atoms with Crippen LogP contribution in [0.3, 0.4) is 0 Å². The molecule has 108 valence electrons. The molecule has 1 saturated heterocycles. The van der Waals surface area contributed by atoms with Crippen molar-refractivity contribution in [2.75, 3.05) is 26.1 Å². The minimum atomic E-state index is -0.381. The predicted octanol–water partition coefficient (Wildman–Crippen LogP) is 1.43. The molecule has 1 aliphatic rings. The Kier molecular flexibility index (Phi) is 4.34. The van der Waals surface area contributed by atoms with Crippen molar-refractivity contribution in [3.8, 4) is 11.5 Å². The van der Waals surface area contributed by atoms with Crippen molar-refractivity contribution in [1.82, 2.24) is 5.32 Å². The first-order valence-corrected chi connectivity index (χ1v) is 6.42. The zero-order chi connectivity index (χ0) is 14.7. The van der Waals surface area contributed by atoms with Crippen LogP contribution in [0.4, 0.5) is 5.69 Å². The maximum atomic E-state index is 12.1. The zero-order valence-electron chi connectivity index (χ0n) is 11.2. The summed E-state index contributed by atoms with van der Waals surface area (Å²) in [7, 11) is 2.97. The minimum Gasteiger partial charge on any atom is -0.495 e. The standard InChI is InChI=1S/C13H15ClN2O4/c1-19-10-5-9(11(20-2)4-8(10)14)16-13(18)7-3-12(17)15-6-7/h4-5,7H,3,6H2,1-2H3,(H,15,17)(H,16,18). The van der Waals surface area contributed by atoms with Gasteiger partial charge in [-0.1, -0.05) is 11.6 Å². The Labute approximate surface area is 121 Å². The molecule has 1 atom stereocenters. The summed E-state index contributed by atoms with van der Waals surface area (Å²) in [6, 6.07) is 3.15. The lowest BCUT2D eigenvalue weighted by Gasteiger charge is -2.14. The molecule has 6 nitrogen and oxygen atoms in total. The van der Waals surface area contributed by atoms with E-state index < -0.39 is 0 Å². The maximum absolute atomic E-state index is 12.1. The number of nitrogens with one attached hydrogen (secondary N) is 2. The number of halogens is 1. The van der Waals surface area contributed by atoms with Gasteiger partial charge in [-0.05, 0) is 0 Å². The lowest BCUT2D eigenvalue weighted by atomic mass is 10.1. The van der Waals surface area contributed by atoms with Crippen LogP contribution in [-0.2, 0) is 9.59 Å². The summed E-state index contributed by atoms with van der Waals surface area (Å²) < 4.78 is 10.3. The molecule has 2 amide bonds. The van der Waals surface area contributed by atoms with Crippen LogP contribution in [0, 0.1) is 5.92 Å². The molecule has 0 aliphatic carbocycles. The van der Waals surface area contributed by atoms with E-state index in [4.69, 9.17) is 21.1 Å². The van der Waals surface area contributed by atoms with Gasteiger partial charge in [-0.15, -0.1) is 0 Å². The summed E-state index contributed by atoms with van der Waals surface area (Å²) in [5, 5.41) is 5.74. The van der Waals surface area contributed by atoms with Crippen molar-refractivity contribution in [3.63, 3.8) is 0 Å². The van der Waals surface area contributed by atoms with Crippen LogP contribution in [0.2, 0.25) is 5.02 Å². The van der Waals surface area contributed by atoms with Gasteiger partial charge in [-0.25, -0.2) is 0 Å². The topological polar surface area (TPSA) is 76.7 Å². The summed E-state index contributed by atoms with van der Waals surface area (Å²) >= 11 is 5.99. The first-order valence-electron chi connectivity index (χ1n) is 6.04. The third kappa shape index (κ3) is 2.96. The molecule has 1 unspecified atom stereocenters. The van der Waals surface area contributed by atoms with Gasteiger partial charge in [0.2, 0.25) is 11.8 Å². The Balaban J connectivity index is 2.19. The molecule has 2 N–H and O–H groups in total. The van der Waals surface area contributed by atoms with E-state index in [-0.39, 0.29) is 24.2 Å². The molecule has 1 aromatic carbocycles. The summed E-state index contributed by atoms with van der Waals surface area (Å²) in [4.78, 5) is 23.2. The molecule has 2 rings (SSSR count). The molecule has 0 saturated carbocycles. The van der Waals surface area contributed by atoms with Crippen LogP contribution < -0.4 is 20.1 Å². The molecule has 0 spiro atoms. The molecule has 1 aliphatic heterocycles. The molecule has 0 radical (unpaired) electrons. The second kappa shape index (κ2) is 6.00. The van der Waals surface area contributed by atoms with Crippen molar-refractivity contribution < 1.29 is 19.1 Å². The summed E-state index contributed by atoms with van der Waals surface area (Å²) in [5.41, 5.74) is 0.457. The number of methoxy groups -OCH3 is 2. The number of carbonyl (C=O) groups is 2. The van der Waals surface area contributed by atoms with Crippen LogP contribution in [0.1, 0.15) is 6.42 Å². The van der Waals surface area contributed by atoms with E-state index >= 15 is 0 Å². The molecule has 7 heteroatoms. The third-order valence-corrected chi connectivity index (χ3v) is 3.38. The minimum absolute atomic E-state index is 0.120. The fourth-order valence-electron chi connectivity index (χ4n) is 1.98. The maximum Gasteiger partial charge on any atom is 0.229 e. The lowest BCUT2D eigenvalue weighted by Crippen LogP contribution is -2.24. The van der Waals surface area contributed by atoms with Crippen molar-refractivity contribution >= 4 is 29.1 Å². The number of carbonyl (C=O) groups excluding carboxylic acids is 2. The highest BCUT2D eigenvalue weighted by molar-refractivity contribution is 6.32. The van der Waals surface area contributed by atoms with E-state index in [0.29, 0.717) is 28.8 Å². The third-order valence-electron chi connectivity index (χ3n) is 3.08. The number of benzene rings is 1. The molecule has 0 aromatic heterocycles. The van der Waals surface area contributed by atoms with Crippen molar-refractivity contribution in [2.24, 2.45) is 5.92 Å². The lowest BCUT2D eigenvalue weighted by molar-refractivity contribution is -0.123. The number of ether oxygens (including phenoxy) is 2. The molecule has 0 bridgehead atoms. The molecule has 1 fully saturated rings. The zero-order valence-corrected chi connectivity index (χ0v) is 11.9. The van der Waals surface area contributed by atoms with Crippen LogP contribution in [0.5, 0.6) is 11.5 Å². The average molecular weight is 299 g/mol. The monoisotopic (exact) mass is 298 g/mol. The van der Waals surface area contributed by atoms with Crippen molar-refractivity contribution in [1.29, 1.82) is 0 Å². The number of hydrogen-bond donors (Lipinski definition) is 2. The van der Waals surface area contributed by atoms with Crippen molar-refractivity contribution in [2.45, 2.75) is 6.42 Å². The quantitative estimate of drug-likeness (QED) is 0.881. The SMILES string of the molecule is COc1cc(NC(=O)C2CNC(=O)C2)c(OC)cc1Cl. The second-order valence-corrected chi connectivity index (χ2v) is 4.79.